The van der Waals surface area contributed by atoms with E-state index in [1.165, 1.54) is 23.1 Å². The maximum atomic E-state index is 13.6. The molecule has 0 radical (unpaired) electrons. The van der Waals surface area contributed by atoms with Gasteiger partial charge >= 0.3 is 0 Å². The summed E-state index contributed by atoms with van der Waals surface area (Å²) >= 11 is 4.41. The van der Waals surface area contributed by atoms with Gasteiger partial charge in [0, 0.05) is 44.2 Å². The molecule has 230 valence electrons. The highest BCUT2D eigenvalue weighted by Gasteiger charge is 2.21. The monoisotopic (exact) mass is 663 g/mol. The number of para-hydroxylation sites is 1. The molecule has 11 heteroatoms. The summed E-state index contributed by atoms with van der Waals surface area (Å²) in [7, 11) is 0. The lowest BCUT2D eigenvalue weighted by molar-refractivity contribution is -0.116. The first-order valence-corrected chi connectivity index (χ1v) is 17.1. The van der Waals surface area contributed by atoms with Crippen LogP contribution in [0.5, 0.6) is 0 Å². The van der Waals surface area contributed by atoms with Crippen LogP contribution in [0.25, 0.3) is 27.6 Å². The van der Waals surface area contributed by atoms with Crippen LogP contribution in [0, 0.1) is 0 Å². The van der Waals surface area contributed by atoms with Crippen LogP contribution in [-0.2, 0) is 9.59 Å². The lowest BCUT2D eigenvalue weighted by Crippen LogP contribution is -2.30. The van der Waals surface area contributed by atoms with Crippen molar-refractivity contribution in [2.45, 2.75) is 23.5 Å². The number of carbonyl (C=O) groups is 3. The SMILES string of the molecule is CCC(Sc1cccc(NC(=O)/C(=C/c2c[nH]c3ccccc23)NC(=O)c2ccccc2)c1)C(=O)Nc1nc(-c2cccs2)cs1. The fourth-order valence-electron chi connectivity index (χ4n) is 4.70. The number of aromatic amines is 1. The van der Waals surface area contributed by atoms with Gasteiger partial charge in [0.2, 0.25) is 5.91 Å². The molecular formula is C35H29N5O3S3. The Morgan fingerprint density at radius 3 is 2.57 bits per heavy atom. The number of nitrogens with one attached hydrogen (secondary N) is 4. The molecule has 1 unspecified atom stereocenters. The van der Waals surface area contributed by atoms with E-state index in [4.69, 9.17) is 0 Å². The van der Waals surface area contributed by atoms with Gasteiger partial charge in [0.05, 0.1) is 15.8 Å². The highest BCUT2D eigenvalue weighted by atomic mass is 32.2. The van der Waals surface area contributed by atoms with E-state index in [2.05, 4.69) is 25.9 Å². The Balaban J connectivity index is 1.17. The molecule has 3 aromatic heterocycles. The molecule has 0 bridgehead atoms. The van der Waals surface area contributed by atoms with Crippen molar-refractivity contribution in [3.63, 3.8) is 0 Å². The third kappa shape index (κ3) is 7.45. The van der Waals surface area contributed by atoms with Crippen molar-refractivity contribution in [3.8, 4) is 10.6 Å². The van der Waals surface area contributed by atoms with Crippen LogP contribution in [-0.4, -0.2) is 32.9 Å². The largest absolute Gasteiger partial charge is 0.361 e. The molecule has 0 saturated heterocycles. The molecule has 1 atom stereocenters. The van der Waals surface area contributed by atoms with Gasteiger partial charge in [-0.2, -0.15) is 0 Å². The van der Waals surface area contributed by atoms with E-state index in [1.54, 1.807) is 53.9 Å². The van der Waals surface area contributed by atoms with E-state index in [0.29, 0.717) is 22.8 Å². The van der Waals surface area contributed by atoms with Crippen molar-refractivity contribution in [2.75, 3.05) is 10.6 Å². The zero-order chi connectivity index (χ0) is 31.9. The zero-order valence-electron chi connectivity index (χ0n) is 24.7. The minimum Gasteiger partial charge on any atom is -0.361 e. The number of H-pyrrole nitrogens is 1. The predicted molar refractivity (Wildman–Crippen MR) is 189 cm³/mol. The molecule has 4 N–H and O–H groups in total. The Bertz CT molecular complexity index is 2020. The summed E-state index contributed by atoms with van der Waals surface area (Å²) in [4.78, 5) is 49.5. The van der Waals surface area contributed by atoms with Crippen LogP contribution >= 0.6 is 34.4 Å². The van der Waals surface area contributed by atoms with Gasteiger partial charge in [-0.3, -0.25) is 14.4 Å². The molecule has 46 heavy (non-hydrogen) atoms. The van der Waals surface area contributed by atoms with Crippen LogP contribution in [0.1, 0.15) is 29.3 Å². The number of amides is 3. The first-order chi connectivity index (χ1) is 22.5. The minimum atomic E-state index is -0.480. The Hall–Kier alpha value is -4.97. The second-order valence-electron chi connectivity index (χ2n) is 10.2. The van der Waals surface area contributed by atoms with E-state index >= 15 is 0 Å². The number of fused-ring (bicyclic) bond motifs is 1. The number of rotatable bonds is 11. The molecular weight excluding hydrogens is 635 g/mol. The maximum Gasteiger partial charge on any atom is 0.272 e. The molecule has 3 aromatic carbocycles. The number of carbonyl (C=O) groups excluding carboxylic acids is 3. The Kier molecular flexibility index (Phi) is 9.73. The molecule has 0 aliphatic carbocycles. The molecule has 3 heterocycles. The Labute approximate surface area is 278 Å². The third-order valence-electron chi connectivity index (χ3n) is 6.99. The van der Waals surface area contributed by atoms with Crippen LogP contribution in [0.4, 0.5) is 10.8 Å². The van der Waals surface area contributed by atoms with Gasteiger partial charge < -0.3 is 20.9 Å². The van der Waals surface area contributed by atoms with Crippen molar-refractivity contribution >= 4 is 80.0 Å². The number of aromatic nitrogens is 2. The molecule has 8 nitrogen and oxygen atoms in total. The highest BCUT2D eigenvalue weighted by molar-refractivity contribution is 8.00. The molecule has 0 spiro atoms. The molecule has 0 aliphatic rings. The van der Waals surface area contributed by atoms with Gasteiger partial charge in [0.1, 0.15) is 5.70 Å². The summed E-state index contributed by atoms with van der Waals surface area (Å²) in [5.41, 5.74) is 3.58. The van der Waals surface area contributed by atoms with Crippen molar-refractivity contribution < 1.29 is 14.4 Å². The summed E-state index contributed by atoms with van der Waals surface area (Å²) in [5, 5.41) is 13.7. The van der Waals surface area contributed by atoms with Gasteiger partial charge in [-0.1, -0.05) is 55.5 Å². The average Bonchev–Trinajstić information content (AvgIpc) is 3.86. The van der Waals surface area contributed by atoms with Gasteiger partial charge in [0.15, 0.2) is 5.13 Å². The van der Waals surface area contributed by atoms with Crippen molar-refractivity contribution in [1.82, 2.24) is 15.3 Å². The second-order valence-corrected chi connectivity index (χ2v) is 13.3. The average molecular weight is 664 g/mol. The van der Waals surface area contributed by atoms with Gasteiger partial charge in [-0.15, -0.1) is 34.4 Å². The predicted octanol–water partition coefficient (Wildman–Crippen LogP) is 8.27. The number of hydrogen-bond donors (Lipinski definition) is 4. The number of thiophene rings is 1. The zero-order valence-corrected chi connectivity index (χ0v) is 27.1. The fraction of sp³-hybridized carbons (Fsp3) is 0.0857. The summed E-state index contributed by atoms with van der Waals surface area (Å²) in [6.45, 7) is 1.96. The van der Waals surface area contributed by atoms with E-state index in [1.807, 2.05) is 78.3 Å². The molecule has 0 fully saturated rings. The topological polar surface area (TPSA) is 116 Å². The summed E-state index contributed by atoms with van der Waals surface area (Å²) in [6, 6.07) is 27.8. The molecule has 0 saturated carbocycles. The maximum absolute atomic E-state index is 13.6. The van der Waals surface area contributed by atoms with Crippen LogP contribution < -0.4 is 16.0 Å². The lowest BCUT2D eigenvalue weighted by Gasteiger charge is -2.15. The number of thioether (sulfide) groups is 1. The quantitative estimate of drug-likeness (QED) is 0.0823. The van der Waals surface area contributed by atoms with Crippen molar-refractivity contribution in [2.24, 2.45) is 0 Å². The number of thiazole rings is 1. The normalized spacial score (nSPS) is 12.1. The van der Waals surface area contributed by atoms with Crippen LogP contribution in [0.2, 0.25) is 0 Å². The van der Waals surface area contributed by atoms with E-state index in [0.717, 1.165) is 31.9 Å². The van der Waals surface area contributed by atoms with Crippen LogP contribution in [0.3, 0.4) is 0 Å². The summed E-state index contributed by atoms with van der Waals surface area (Å²) < 4.78 is 0. The minimum absolute atomic E-state index is 0.0906. The standard InChI is InChI=1S/C35H29N5O3S3/c1-2-30(34(43)40-35-39-29(21-45-35)31-16-9-17-44-31)46-25-13-8-12-24(19-25)37-33(42)28(38-32(41)22-10-4-3-5-11-22)18-23-20-36-27-15-7-6-14-26(23)27/h3-21,30,36H,2H2,1H3,(H,37,42)(H,38,41)(H,39,40,43)/b28-18-. The number of nitrogens with zero attached hydrogens (tertiary/aromatic N) is 1. The first kappa shape index (κ1) is 31.0. The smallest absolute Gasteiger partial charge is 0.272 e. The van der Waals surface area contributed by atoms with Crippen molar-refractivity contribution in [3.05, 3.63) is 125 Å². The van der Waals surface area contributed by atoms with E-state index in [-0.39, 0.29) is 16.9 Å². The summed E-state index contributed by atoms with van der Waals surface area (Å²) in [6.07, 6.45) is 4.06. The number of benzene rings is 3. The van der Waals surface area contributed by atoms with E-state index in [9.17, 15) is 14.4 Å². The number of anilines is 2. The van der Waals surface area contributed by atoms with E-state index < -0.39 is 11.8 Å². The Morgan fingerprint density at radius 1 is 0.935 bits per heavy atom. The van der Waals surface area contributed by atoms with Gasteiger partial charge in [-0.25, -0.2) is 4.98 Å². The second kappa shape index (κ2) is 14.4. The Morgan fingerprint density at radius 2 is 1.76 bits per heavy atom. The highest BCUT2D eigenvalue weighted by Crippen LogP contribution is 2.31. The number of hydrogen-bond acceptors (Lipinski definition) is 7. The van der Waals surface area contributed by atoms with Crippen molar-refractivity contribution in [1.29, 1.82) is 0 Å². The molecule has 6 aromatic rings. The molecule has 6 rings (SSSR count). The third-order valence-corrected chi connectivity index (χ3v) is 10.00. The van der Waals surface area contributed by atoms with Gasteiger partial charge in [0.25, 0.3) is 11.8 Å². The van der Waals surface area contributed by atoms with Crippen LogP contribution in [0.15, 0.2) is 119 Å². The molecule has 3 amide bonds. The molecule has 0 aliphatic heterocycles. The van der Waals surface area contributed by atoms with Gasteiger partial charge in [-0.05, 0) is 60.3 Å². The first-order valence-electron chi connectivity index (χ1n) is 14.5. The fourth-order valence-corrected chi connectivity index (χ4v) is 7.19. The lowest BCUT2D eigenvalue weighted by atomic mass is 10.1. The summed E-state index contributed by atoms with van der Waals surface area (Å²) in [5.74, 6) is -1.01.